The van der Waals surface area contributed by atoms with Gasteiger partial charge < -0.3 is 0 Å². The summed E-state index contributed by atoms with van der Waals surface area (Å²) in [5.41, 5.74) is 5.81. The number of hydrogen-bond acceptors (Lipinski definition) is 4. The molecular formula is C18H14Cl2N4OS. The summed E-state index contributed by atoms with van der Waals surface area (Å²) in [6.07, 6.45) is 0. The van der Waals surface area contributed by atoms with Crippen LogP contribution in [0.3, 0.4) is 0 Å². The van der Waals surface area contributed by atoms with E-state index in [1.807, 2.05) is 13.0 Å². The van der Waals surface area contributed by atoms with Gasteiger partial charge in [-0.25, -0.2) is 15.2 Å². The van der Waals surface area contributed by atoms with Gasteiger partial charge in [0.15, 0.2) is 0 Å². The fourth-order valence-corrected chi connectivity index (χ4v) is 3.49. The molecule has 26 heavy (non-hydrogen) atoms. The van der Waals surface area contributed by atoms with E-state index in [0.29, 0.717) is 32.8 Å². The van der Waals surface area contributed by atoms with Gasteiger partial charge in [0, 0.05) is 10.0 Å². The van der Waals surface area contributed by atoms with Gasteiger partial charge in [0.2, 0.25) is 0 Å². The standard InChI is InChI=1S/C18H14Cl2N4OS/c1-10-6-13(24-18(25)23-16(26)9-22-24)7-15(20)17(10)14(8-21)11-2-4-12(19)5-3-11/h2-7,14,22H,9H2,1H3,(H,23,25,26). The zero-order valence-corrected chi connectivity index (χ0v) is 16.0. The third kappa shape index (κ3) is 3.67. The number of halogens is 2. The average molecular weight is 405 g/mol. The summed E-state index contributed by atoms with van der Waals surface area (Å²) in [4.78, 5) is 12.5. The number of carbonyl (C=O) groups excluding carboxylic acids is 1. The van der Waals surface area contributed by atoms with E-state index in [1.165, 1.54) is 5.01 Å². The number of nitrogens with one attached hydrogen (secondary N) is 2. The van der Waals surface area contributed by atoms with Gasteiger partial charge in [-0.1, -0.05) is 47.6 Å². The summed E-state index contributed by atoms with van der Waals surface area (Å²) in [7, 11) is 0. The monoisotopic (exact) mass is 404 g/mol. The molecule has 1 fully saturated rings. The van der Waals surface area contributed by atoms with E-state index in [4.69, 9.17) is 35.4 Å². The molecule has 0 aromatic heterocycles. The first kappa shape index (κ1) is 18.6. The second-order valence-corrected chi connectivity index (χ2v) is 7.13. The van der Waals surface area contributed by atoms with Crippen molar-refractivity contribution >= 4 is 52.1 Å². The number of nitriles is 1. The number of amides is 2. The van der Waals surface area contributed by atoms with E-state index >= 15 is 0 Å². The maximum Gasteiger partial charge on any atom is 0.341 e. The molecule has 8 heteroatoms. The van der Waals surface area contributed by atoms with Gasteiger partial charge in [-0.15, -0.1) is 0 Å². The summed E-state index contributed by atoms with van der Waals surface area (Å²) in [5, 5.41) is 14.6. The Morgan fingerprint density at radius 2 is 1.96 bits per heavy atom. The number of nitrogens with zero attached hydrogens (tertiary/aromatic N) is 2. The Morgan fingerprint density at radius 1 is 1.27 bits per heavy atom. The lowest BCUT2D eigenvalue weighted by Crippen LogP contribution is -2.58. The predicted molar refractivity (Wildman–Crippen MR) is 107 cm³/mol. The largest absolute Gasteiger partial charge is 0.341 e. The number of aryl methyl sites for hydroxylation is 1. The fourth-order valence-electron chi connectivity index (χ4n) is 2.84. The number of anilines is 1. The number of benzene rings is 2. The van der Waals surface area contributed by atoms with Crippen LogP contribution in [0, 0.1) is 18.3 Å². The Balaban J connectivity index is 1.99. The molecule has 1 heterocycles. The van der Waals surface area contributed by atoms with Crippen LogP contribution in [0.2, 0.25) is 10.0 Å². The lowest BCUT2D eigenvalue weighted by molar-refractivity contribution is 0.246. The first-order valence-electron chi connectivity index (χ1n) is 7.73. The van der Waals surface area contributed by atoms with Crippen LogP contribution < -0.4 is 15.8 Å². The molecular weight excluding hydrogens is 391 g/mol. The lowest BCUT2D eigenvalue weighted by atomic mass is 9.89. The maximum absolute atomic E-state index is 12.1. The normalized spacial score (nSPS) is 15.4. The van der Waals surface area contributed by atoms with Crippen LogP contribution in [0.25, 0.3) is 0 Å². The molecule has 0 saturated carbocycles. The van der Waals surface area contributed by atoms with Crippen molar-refractivity contribution in [2.45, 2.75) is 12.8 Å². The number of rotatable bonds is 3. The molecule has 1 saturated heterocycles. The van der Waals surface area contributed by atoms with Crippen molar-refractivity contribution in [1.82, 2.24) is 10.7 Å². The molecule has 0 aliphatic carbocycles. The summed E-state index contributed by atoms with van der Waals surface area (Å²) < 4.78 is 0. The van der Waals surface area contributed by atoms with E-state index in [0.717, 1.165) is 11.1 Å². The molecule has 2 aromatic carbocycles. The smallest absolute Gasteiger partial charge is 0.299 e. The number of hydrazine groups is 1. The summed E-state index contributed by atoms with van der Waals surface area (Å²) in [6, 6.07) is 12.5. The number of carbonyl (C=O) groups is 1. The van der Waals surface area contributed by atoms with Gasteiger partial charge in [-0.3, -0.25) is 5.32 Å². The Hall–Kier alpha value is -2.17. The highest BCUT2D eigenvalue weighted by atomic mass is 35.5. The predicted octanol–water partition coefficient (Wildman–Crippen LogP) is 4.32. The number of urea groups is 1. The maximum atomic E-state index is 12.1. The molecule has 0 spiro atoms. The van der Waals surface area contributed by atoms with Crippen LogP contribution in [0.1, 0.15) is 22.6 Å². The Labute approximate surface area is 166 Å². The van der Waals surface area contributed by atoms with Crippen LogP contribution in [-0.2, 0) is 0 Å². The highest BCUT2D eigenvalue weighted by Crippen LogP contribution is 2.36. The number of hydrogen-bond donors (Lipinski definition) is 2. The fraction of sp³-hybridized carbons (Fsp3) is 0.167. The molecule has 0 radical (unpaired) electrons. The van der Waals surface area contributed by atoms with Crippen LogP contribution >= 0.6 is 35.4 Å². The minimum atomic E-state index is -0.537. The molecule has 1 unspecified atom stereocenters. The summed E-state index contributed by atoms with van der Waals surface area (Å²) in [5.74, 6) is -0.537. The number of thiocarbonyl (C=S) groups is 1. The molecule has 1 aliphatic rings. The van der Waals surface area contributed by atoms with Crippen LogP contribution in [0.4, 0.5) is 10.5 Å². The van der Waals surface area contributed by atoms with Crippen molar-refractivity contribution in [3.63, 3.8) is 0 Å². The molecule has 5 nitrogen and oxygen atoms in total. The lowest BCUT2D eigenvalue weighted by Gasteiger charge is -2.29. The second kappa shape index (κ2) is 7.60. The minimum Gasteiger partial charge on any atom is -0.299 e. The van der Waals surface area contributed by atoms with E-state index in [1.54, 1.807) is 30.3 Å². The zero-order chi connectivity index (χ0) is 18.8. The Morgan fingerprint density at radius 3 is 2.54 bits per heavy atom. The highest BCUT2D eigenvalue weighted by Gasteiger charge is 2.25. The first-order valence-corrected chi connectivity index (χ1v) is 8.89. The average Bonchev–Trinajstić information content (AvgIpc) is 2.59. The minimum absolute atomic E-state index is 0.352. The Bertz CT molecular complexity index is 901. The van der Waals surface area contributed by atoms with Crippen LogP contribution in [-0.4, -0.2) is 17.6 Å². The molecule has 2 aromatic rings. The topological polar surface area (TPSA) is 68.2 Å². The molecule has 2 N–H and O–H groups in total. The zero-order valence-electron chi connectivity index (χ0n) is 13.7. The van der Waals surface area contributed by atoms with E-state index in [-0.39, 0.29) is 6.03 Å². The molecule has 3 rings (SSSR count). The third-order valence-corrected chi connectivity index (χ3v) is 4.86. The van der Waals surface area contributed by atoms with Gasteiger partial charge in [-0.2, -0.15) is 5.26 Å². The molecule has 1 atom stereocenters. The van der Waals surface area contributed by atoms with Crippen molar-refractivity contribution in [3.05, 3.63) is 63.1 Å². The first-order chi connectivity index (χ1) is 12.4. The molecule has 0 bridgehead atoms. The highest BCUT2D eigenvalue weighted by molar-refractivity contribution is 7.80. The van der Waals surface area contributed by atoms with Gasteiger partial charge in [0.05, 0.1) is 29.2 Å². The van der Waals surface area contributed by atoms with Gasteiger partial charge in [0.25, 0.3) is 0 Å². The van der Waals surface area contributed by atoms with E-state index in [2.05, 4.69) is 16.8 Å². The molecule has 2 amide bonds. The summed E-state index contributed by atoms with van der Waals surface area (Å²) in [6.45, 7) is 2.21. The molecule has 132 valence electrons. The van der Waals surface area contributed by atoms with Gasteiger partial charge in [-0.05, 0) is 47.9 Å². The second-order valence-electron chi connectivity index (χ2n) is 5.80. The van der Waals surface area contributed by atoms with Crippen LogP contribution in [0.5, 0.6) is 0 Å². The molecule has 1 aliphatic heterocycles. The quantitative estimate of drug-likeness (QED) is 0.747. The van der Waals surface area contributed by atoms with Crippen molar-refractivity contribution in [3.8, 4) is 6.07 Å². The van der Waals surface area contributed by atoms with Crippen molar-refractivity contribution in [1.29, 1.82) is 5.26 Å². The third-order valence-electron chi connectivity index (χ3n) is 4.05. The van der Waals surface area contributed by atoms with Gasteiger partial charge in [0.1, 0.15) is 0 Å². The van der Waals surface area contributed by atoms with Crippen LogP contribution in [0.15, 0.2) is 36.4 Å². The Kier molecular flexibility index (Phi) is 5.44. The summed E-state index contributed by atoms with van der Waals surface area (Å²) >= 11 is 17.4. The van der Waals surface area contributed by atoms with Crippen molar-refractivity contribution < 1.29 is 4.79 Å². The van der Waals surface area contributed by atoms with Crippen molar-refractivity contribution in [2.75, 3.05) is 11.6 Å². The van der Waals surface area contributed by atoms with Gasteiger partial charge >= 0.3 is 6.03 Å². The van der Waals surface area contributed by atoms with Crippen molar-refractivity contribution in [2.24, 2.45) is 0 Å². The van der Waals surface area contributed by atoms with E-state index < -0.39 is 5.92 Å². The van der Waals surface area contributed by atoms with E-state index in [9.17, 15) is 10.1 Å². The SMILES string of the molecule is Cc1cc(N2NCC(=S)NC2=O)cc(Cl)c1C(C#N)c1ccc(Cl)cc1.